The number of halogens is 2. The summed E-state index contributed by atoms with van der Waals surface area (Å²) in [6.45, 7) is 1.68. The van der Waals surface area contributed by atoms with Gasteiger partial charge in [0.15, 0.2) is 11.6 Å². The summed E-state index contributed by atoms with van der Waals surface area (Å²) in [6, 6.07) is 6.10. The molecule has 19 heavy (non-hydrogen) atoms. The number of ketones is 2. The lowest BCUT2D eigenvalue weighted by Gasteiger charge is -2.02. The van der Waals surface area contributed by atoms with E-state index in [2.05, 4.69) is 0 Å². The van der Waals surface area contributed by atoms with Gasteiger partial charge in [-0.15, -0.1) is 0 Å². The van der Waals surface area contributed by atoms with Gasteiger partial charge in [-0.25, -0.2) is 0 Å². The lowest BCUT2D eigenvalue weighted by molar-refractivity contribution is 0.0893. The van der Waals surface area contributed by atoms with Crippen LogP contribution < -0.4 is 0 Å². The summed E-state index contributed by atoms with van der Waals surface area (Å²) < 4.78 is 5.04. The van der Waals surface area contributed by atoms with Crippen molar-refractivity contribution < 1.29 is 14.0 Å². The van der Waals surface area contributed by atoms with E-state index < -0.39 is 0 Å². The van der Waals surface area contributed by atoms with Crippen LogP contribution in [0, 0.1) is 6.92 Å². The van der Waals surface area contributed by atoms with Crippen LogP contribution >= 0.6 is 23.2 Å². The average molecular weight is 297 g/mol. The molecule has 0 N–H and O–H groups in total. The van der Waals surface area contributed by atoms with Crippen LogP contribution in [0.15, 0.2) is 34.9 Å². The van der Waals surface area contributed by atoms with Gasteiger partial charge in [0.05, 0.1) is 28.3 Å². The van der Waals surface area contributed by atoms with Gasteiger partial charge in [-0.1, -0.05) is 23.2 Å². The molecular weight excluding hydrogens is 287 g/mol. The quantitative estimate of drug-likeness (QED) is 0.622. The summed E-state index contributed by atoms with van der Waals surface area (Å²) >= 11 is 11.6. The molecule has 1 aromatic heterocycles. The number of rotatable bonds is 4. The van der Waals surface area contributed by atoms with Gasteiger partial charge in [0, 0.05) is 5.56 Å². The molecular formula is C14H10Cl2O3. The number of furan rings is 1. The second kappa shape index (κ2) is 5.59. The Bertz CT molecular complexity index is 644. The summed E-state index contributed by atoms with van der Waals surface area (Å²) in [4.78, 5) is 23.9. The Hall–Kier alpha value is -1.58. The van der Waals surface area contributed by atoms with Gasteiger partial charge in [-0.3, -0.25) is 9.59 Å². The van der Waals surface area contributed by atoms with Crippen molar-refractivity contribution in [3.05, 3.63) is 57.5 Å². The fraction of sp³-hybridized carbons (Fsp3) is 0.143. The molecule has 1 aromatic carbocycles. The molecule has 2 aromatic rings. The Morgan fingerprint density at radius 1 is 1.11 bits per heavy atom. The number of benzene rings is 1. The van der Waals surface area contributed by atoms with Crippen LogP contribution in [0.3, 0.4) is 0 Å². The molecule has 0 bridgehead atoms. The van der Waals surface area contributed by atoms with E-state index in [9.17, 15) is 9.59 Å². The Labute approximate surface area is 120 Å². The Kier molecular flexibility index (Phi) is 4.08. The summed E-state index contributed by atoms with van der Waals surface area (Å²) in [5.74, 6) is -0.0709. The van der Waals surface area contributed by atoms with Crippen molar-refractivity contribution in [3.63, 3.8) is 0 Å². The molecule has 0 aliphatic rings. The molecule has 3 nitrogen and oxygen atoms in total. The number of carbonyl (C=O) groups is 2. The maximum Gasteiger partial charge on any atom is 0.174 e. The third kappa shape index (κ3) is 3.06. The first-order valence-electron chi connectivity index (χ1n) is 5.54. The SMILES string of the molecule is Cc1occc1C(=O)CC(=O)c1ccc(Cl)c(Cl)c1. The zero-order chi connectivity index (χ0) is 14.0. The molecule has 0 radical (unpaired) electrons. The Balaban J connectivity index is 2.15. The van der Waals surface area contributed by atoms with Gasteiger partial charge in [-0.2, -0.15) is 0 Å². The van der Waals surface area contributed by atoms with E-state index >= 15 is 0 Å². The van der Waals surface area contributed by atoms with Gasteiger partial charge < -0.3 is 4.42 Å². The molecule has 0 saturated carbocycles. The van der Waals surface area contributed by atoms with Crippen molar-refractivity contribution in [1.29, 1.82) is 0 Å². The van der Waals surface area contributed by atoms with Gasteiger partial charge in [0.2, 0.25) is 0 Å². The molecule has 0 atom stereocenters. The number of hydrogen-bond donors (Lipinski definition) is 0. The highest BCUT2D eigenvalue weighted by Gasteiger charge is 2.17. The minimum atomic E-state index is -0.302. The zero-order valence-electron chi connectivity index (χ0n) is 10.1. The summed E-state index contributed by atoms with van der Waals surface area (Å²) in [5.41, 5.74) is 0.789. The highest BCUT2D eigenvalue weighted by atomic mass is 35.5. The van der Waals surface area contributed by atoms with Crippen molar-refractivity contribution in [2.45, 2.75) is 13.3 Å². The molecule has 0 unspecified atom stereocenters. The van der Waals surface area contributed by atoms with E-state index in [0.717, 1.165) is 0 Å². The number of carbonyl (C=O) groups excluding carboxylic acids is 2. The third-order valence-electron chi connectivity index (χ3n) is 2.72. The maximum absolute atomic E-state index is 12.0. The van der Waals surface area contributed by atoms with Crippen LogP contribution in [0.5, 0.6) is 0 Å². The largest absolute Gasteiger partial charge is 0.469 e. The zero-order valence-corrected chi connectivity index (χ0v) is 11.6. The first-order chi connectivity index (χ1) is 8.99. The molecule has 0 aliphatic heterocycles. The fourth-order valence-corrected chi connectivity index (χ4v) is 1.99. The van der Waals surface area contributed by atoms with Gasteiger partial charge in [-0.05, 0) is 31.2 Å². The molecule has 1 heterocycles. The normalized spacial score (nSPS) is 10.5. The second-order valence-electron chi connectivity index (χ2n) is 4.04. The maximum atomic E-state index is 12.0. The molecule has 0 saturated heterocycles. The highest BCUT2D eigenvalue weighted by Crippen LogP contribution is 2.23. The van der Waals surface area contributed by atoms with Crippen LogP contribution in [0.25, 0.3) is 0 Å². The van der Waals surface area contributed by atoms with E-state index in [-0.39, 0.29) is 18.0 Å². The Morgan fingerprint density at radius 2 is 1.84 bits per heavy atom. The van der Waals surface area contributed by atoms with Crippen molar-refractivity contribution in [3.8, 4) is 0 Å². The predicted octanol–water partition coefficient (Wildman–Crippen LogP) is 4.35. The first-order valence-corrected chi connectivity index (χ1v) is 6.30. The van der Waals surface area contributed by atoms with Crippen molar-refractivity contribution >= 4 is 34.8 Å². The van der Waals surface area contributed by atoms with Crippen LogP contribution in [0.4, 0.5) is 0 Å². The fourth-order valence-electron chi connectivity index (χ4n) is 1.69. The van der Waals surface area contributed by atoms with E-state index in [1.54, 1.807) is 19.1 Å². The van der Waals surface area contributed by atoms with Gasteiger partial charge in [0.25, 0.3) is 0 Å². The average Bonchev–Trinajstić information content (AvgIpc) is 2.79. The van der Waals surface area contributed by atoms with Crippen LogP contribution in [0.2, 0.25) is 10.0 Å². The molecule has 0 amide bonds. The minimum Gasteiger partial charge on any atom is -0.469 e. The smallest absolute Gasteiger partial charge is 0.174 e. The molecule has 0 fully saturated rings. The van der Waals surface area contributed by atoms with Crippen LogP contribution in [-0.4, -0.2) is 11.6 Å². The molecule has 0 spiro atoms. The lowest BCUT2D eigenvalue weighted by Crippen LogP contribution is -2.08. The summed E-state index contributed by atoms with van der Waals surface area (Å²) in [6.07, 6.45) is 1.20. The number of hydrogen-bond acceptors (Lipinski definition) is 3. The van der Waals surface area contributed by atoms with E-state index in [1.807, 2.05) is 0 Å². The monoisotopic (exact) mass is 296 g/mol. The van der Waals surface area contributed by atoms with Crippen LogP contribution in [-0.2, 0) is 0 Å². The Morgan fingerprint density at radius 3 is 2.42 bits per heavy atom. The topological polar surface area (TPSA) is 47.3 Å². The summed E-state index contributed by atoms with van der Waals surface area (Å²) in [5, 5.41) is 0.662. The lowest BCUT2D eigenvalue weighted by atomic mass is 10.0. The second-order valence-corrected chi connectivity index (χ2v) is 4.86. The first kappa shape index (κ1) is 13.8. The highest BCUT2D eigenvalue weighted by molar-refractivity contribution is 6.42. The molecule has 5 heteroatoms. The van der Waals surface area contributed by atoms with E-state index in [0.29, 0.717) is 26.9 Å². The van der Waals surface area contributed by atoms with Gasteiger partial charge in [0.1, 0.15) is 5.76 Å². The van der Waals surface area contributed by atoms with E-state index in [1.165, 1.54) is 18.4 Å². The predicted molar refractivity (Wildman–Crippen MR) is 73.2 cm³/mol. The molecule has 2 rings (SSSR count). The van der Waals surface area contributed by atoms with Crippen molar-refractivity contribution in [1.82, 2.24) is 0 Å². The van der Waals surface area contributed by atoms with Crippen molar-refractivity contribution in [2.75, 3.05) is 0 Å². The van der Waals surface area contributed by atoms with Crippen LogP contribution in [0.1, 0.15) is 32.9 Å². The van der Waals surface area contributed by atoms with E-state index in [4.69, 9.17) is 27.6 Å². The molecule has 0 aliphatic carbocycles. The number of Topliss-reactive ketones (excluding diaryl/α,β-unsaturated/α-hetero) is 2. The van der Waals surface area contributed by atoms with Crippen molar-refractivity contribution in [2.24, 2.45) is 0 Å². The molecule has 98 valence electrons. The number of aryl methyl sites for hydroxylation is 1. The standard InChI is InChI=1S/C14H10Cl2O3/c1-8-10(4-5-19-8)14(18)7-13(17)9-2-3-11(15)12(16)6-9/h2-6H,7H2,1H3. The summed E-state index contributed by atoms with van der Waals surface area (Å²) in [7, 11) is 0. The van der Waals surface area contributed by atoms with Gasteiger partial charge >= 0.3 is 0 Å². The third-order valence-corrected chi connectivity index (χ3v) is 3.46. The minimum absolute atomic E-state index is 0.224.